The molecule has 3 heteroatoms. The van der Waals surface area contributed by atoms with E-state index in [4.69, 9.17) is 0 Å². The van der Waals surface area contributed by atoms with Gasteiger partial charge in [0.25, 0.3) is 0 Å². The normalized spacial score (nSPS) is 14.4. The van der Waals surface area contributed by atoms with Gasteiger partial charge in [-0.05, 0) is 11.1 Å². The summed E-state index contributed by atoms with van der Waals surface area (Å²) in [5, 5.41) is 3.23. The Balaban J connectivity index is 0.000000331. The van der Waals surface area contributed by atoms with E-state index in [2.05, 4.69) is 148 Å². The van der Waals surface area contributed by atoms with Crippen molar-refractivity contribution in [2.75, 3.05) is 6.54 Å². The van der Waals surface area contributed by atoms with Crippen LogP contribution in [0.4, 0.5) is 0 Å². The Kier molecular flexibility index (Phi) is 15.5. The third-order valence-corrected chi connectivity index (χ3v) is 23.5. The molecule has 0 heterocycles. The van der Waals surface area contributed by atoms with Crippen LogP contribution in [-0.2, 0) is 17.4 Å². The van der Waals surface area contributed by atoms with Crippen molar-refractivity contribution in [3.05, 3.63) is 142 Å². The van der Waals surface area contributed by atoms with Crippen LogP contribution in [0.5, 0.6) is 0 Å². The summed E-state index contributed by atoms with van der Waals surface area (Å²) in [5.41, 5.74) is 7.31. The molecule has 1 N–H and O–H groups in total. The fourth-order valence-corrected chi connectivity index (χ4v) is 22.3. The van der Waals surface area contributed by atoms with Crippen LogP contribution in [0.2, 0.25) is 0 Å². The first-order chi connectivity index (χ1) is 22.5. The topological polar surface area (TPSA) is 12.0 Å². The van der Waals surface area contributed by atoms with Gasteiger partial charge in [-0.2, -0.15) is 0 Å². The summed E-state index contributed by atoms with van der Waals surface area (Å²) in [6, 6.07) is 43.8. The minimum Gasteiger partial charge on any atom is -0.0622 e. The van der Waals surface area contributed by atoms with Gasteiger partial charge in [0.1, 0.15) is 0 Å². The average Bonchev–Trinajstić information content (AvgIpc) is 3.30. The second kappa shape index (κ2) is 19.8. The van der Waals surface area contributed by atoms with E-state index in [0.29, 0.717) is 5.92 Å². The summed E-state index contributed by atoms with van der Waals surface area (Å²) in [6.45, 7) is 11.7. The second-order valence-corrected chi connectivity index (χ2v) is 22.8. The molecule has 0 saturated carbocycles. The molecule has 4 aromatic carbocycles. The molecule has 1 aliphatic rings. The van der Waals surface area contributed by atoms with Gasteiger partial charge in [0.05, 0.1) is 0 Å². The van der Waals surface area contributed by atoms with Crippen molar-refractivity contribution in [2.45, 2.75) is 86.0 Å². The Labute approximate surface area is 288 Å². The predicted molar refractivity (Wildman–Crippen MR) is 202 cm³/mol. The van der Waals surface area contributed by atoms with Crippen LogP contribution in [-0.4, -0.2) is 13.2 Å². The van der Waals surface area contributed by atoms with Crippen molar-refractivity contribution in [3.63, 3.8) is 0 Å². The number of hydrogen-bond acceptors (Lipinski definition) is 1. The minimum atomic E-state index is -1.76. The van der Waals surface area contributed by atoms with Crippen molar-refractivity contribution in [1.82, 2.24) is 3.80 Å². The van der Waals surface area contributed by atoms with E-state index in [1.165, 1.54) is 69.0 Å². The molecule has 5 rings (SSSR count). The summed E-state index contributed by atoms with van der Waals surface area (Å²) in [7, 11) is 0. The Hall–Kier alpha value is -2.75. The van der Waals surface area contributed by atoms with E-state index in [0.717, 1.165) is 0 Å². The van der Waals surface area contributed by atoms with Crippen LogP contribution in [0.15, 0.2) is 142 Å². The largest absolute Gasteiger partial charge is 0.0622 e. The molecule has 1 unspecified atom stereocenters. The van der Waals surface area contributed by atoms with Gasteiger partial charge in [-0.1, -0.05) is 60.7 Å². The fraction of sp³-hybridized carbons (Fsp3) is 0.349. The first-order valence-corrected chi connectivity index (χ1v) is 23.7. The minimum absolute atomic E-state index is 0.600. The maximum absolute atomic E-state index is 4.32. The average molecular weight is 663 g/mol. The molecular formula is C43H56NSiTi. The molecule has 0 spiro atoms. The van der Waals surface area contributed by atoms with Crippen molar-refractivity contribution in [1.29, 1.82) is 0 Å². The van der Waals surface area contributed by atoms with Gasteiger partial charge in [-0.15, -0.1) is 0 Å². The van der Waals surface area contributed by atoms with Crippen LogP contribution in [0.1, 0.15) is 86.0 Å². The molecular weight excluding hydrogens is 606 g/mol. The van der Waals surface area contributed by atoms with Crippen molar-refractivity contribution >= 4 is 17.0 Å². The standard InChI is InChI=1S/C12H11Si.C12H10.C10H22N.C9H13.Ti/c1-3-7-11(8-4-1)13-12-9-5-2-6-10-12;1-3-7-11(8-4-1)12-9-5-2-6-10-12;1-2-3-4-5-6-7-8-9-10-11;1-6-5-7(2)9(4)8(6)3;/h1-10,13H;1-10H;11H,2-10H2,1H3;6H,1-4H3;/q;;-1;;+1. The molecule has 0 saturated heterocycles. The summed E-state index contributed by atoms with van der Waals surface area (Å²) in [6.07, 6.45) is 11.1. The van der Waals surface area contributed by atoms with Gasteiger partial charge in [0, 0.05) is 0 Å². The van der Waals surface area contributed by atoms with E-state index >= 15 is 0 Å². The molecule has 1 nitrogen and oxygen atoms in total. The van der Waals surface area contributed by atoms with Crippen LogP contribution < -0.4 is 14.2 Å². The molecule has 0 aromatic heterocycles. The van der Waals surface area contributed by atoms with E-state index in [1.807, 2.05) is 16.0 Å². The Morgan fingerprint density at radius 2 is 0.957 bits per heavy atom. The molecule has 4 aromatic rings. The third kappa shape index (κ3) is 10.4. The number of hydrogen-bond donors (Lipinski definition) is 1. The van der Waals surface area contributed by atoms with E-state index in [-0.39, 0.29) is 0 Å². The Morgan fingerprint density at radius 3 is 1.37 bits per heavy atom. The summed E-state index contributed by atoms with van der Waals surface area (Å²) >= 11 is -1.76. The van der Waals surface area contributed by atoms with Crippen LogP contribution >= 0.6 is 0 Å². The summed E-state index contributed by atoms with van der Waals surface area (Å²) in [4.78, 5) is 0. The van der Waals surface area contributed by atoms with Gasteiger partial charge in [-0.3, -0.25) is 0 Å². The fourth-order valence-electron chi connectivity index (χ4n) is 6.71. The number of nitrogens with one attached hydrogen (secondary N) is 1. The molecule has 0 aliphatic heterocycles. The Morgan fingerprint density at radius 1 is 0.543 bits per heavy atom. The number of rotatable bonds is 15. The summed E-state index contributed by atoms with van der Waals surface area (Å²) in [5.74, 6) is 0.600. The van der Waals surface area contributed by atoms with E-state index in [9.17, 15) is 0 Å². The Bertz CT molecular complexity index is 1400. The molecule has 0 fully saturated rings. The van der Waals surface area contributed by atoms with Gasteiger partial charge in [-0.25, -0.2) is 0 Å². The molecule has 0 radical (unpaired) electrons. The van der Waals surface area contributed by atoms with Crippen LogP contribution in [0, 0.1) is 5.92 Å². The zero-order valence-electron chi connectivity index (χ0n) is 29.1. The van der Waals surface area contributed by atoms with Gasteiger partial charge < -0.3 is 0 Å². The van der Waals surface area contributed by atoms with E-state index < -0.39 is 24.0 Å². The predicted octanol–water partition coefficient (Wildman–Crippen LogP) is 10.4. The number of benzene rings is 4. The van der Waals surface area contributed by atoms with Crippen LogP contribution in [0.25, 0.3) is 11.1 Å². The summed E-state index contributed by atoms with van der Waals surface area (Å²) < 4.78 is 6.13. The van der Waals surface area contributed by atoms with Gasteiger partial charge in [0.2, 0.25) is 0 Å². The van der Waals surface area contributed by atoms with Gasteiger partial charge >= 0.3 is 218 Å². The maximum atomic E-state index is 4.32. The number of unbranched alkanes of at least 4 members (excludes halogenated alkanes) is 7. The molecule has 1 aliphatic carbocycles. The third-order valence-electron chi connectivity index (χ3n) is 9.71. The van der Waals surface area contributed by atoms with Gasteiger partial charge in [0.15, 0.2) is 0 Å². The van der Waals surface area contributed by atoms with E-state index in [1.54, 1.807) is 27.1 Å². The zero-order valence-corrected chi connectivity index (χ0v) is 31.8. The van der Waals surface area contributed by atoms with Crippen LogP contribution in [0.3, 0.4) is 0 Å². The molecule has 1 atom stereocenters. The molecule has 0 amide bonds. The van der Waals surface area contributed by atoms with Crippen molar-refractivity contribution < 1.29 is 17.4 Å². The first kappa shape index (κ1) is 36.1. The van der Waals surface area contributed by atoms with Crippen molar-refractivity contribution in [2.24, 2.45) is 5.92 Å². The van der Waals surface area contributed by atoms with Crippen molar-refractivity contribution in [3.8, 4) is 11.1 Å². The molecule has 241 valence electrons. The maximum Gasteiger partial charge on any atom is -0.0184 e. The molecule has 0 bridgehead atoms. The SMILES string of the molecule is CCCCCCCCCC[NH][Ti]([C]1=C(C)C(C)=C(C)C1C)[SiH](c1ccccc1)c1ccccc1.c1ccc(-c2ccccc2)cc1. The monoisotopic (exact) mass is 662 g/mol. The number of allylic oxidation sites excluding steroid dienone is 4. The zero-order chi connectivity index (χ0) is 32.6. The smallest absolute Gasteiger partial charge is 0.0184 e. The quantitative estimate of drug-likeness (QED) is 0.0987. The first-order valence-electron chi connectivity index (χ1n) is 17.7. The second-order valence-electron chi connectivity index (χ2n) is 12.9. The molecule has 46 heavy (non-hydrogen) atoms.